The van der Waals surface area contributed by atoms with Gasteiger partial charge in [-0.15, -0.1) is 0 Å². The standard InChI is InChI=1S/C12H15F2N3O/c1-8(18)9-2-3-10(15)16-11(9)17-6-4-12(13,14)5-7-17/h2-3H,4-7H2,1H3,(H2,15,16). The van der Waals surface area contributed by atoms with Crippen molar-refractivity contribution in [3.05, 3.63) is 17.7 Å². The lowest BCUT2D eigenvalue weighted by Crippen LogP contribution is -2.40. The first-order valence-corrected chi connectivity index (χ1v) is 5.79. The molecule has 0 bridgehead atoms. The Morgan fingerprint density at radius 3 is 2.56 bits per heavy atom. The number of hydrogen-bond acceptors (Lipinski definition) is 4. The number of nitrogens with zero attached hydrogens (tertiary/aromatic N) is 2. The van der Waals surface area contributed by atoms with Crippen molar-refractivity contribution in [3.63, 3.8) is 0 Å². The number of halogens is 2. The van der Waals surface area contributed by atoms with Gasteiger partial charge in [0.2, 0.25) is 0 Å². The number of ketones is 1. The molecule has 1 aromatic heterocycles. The van der Waals surface area contributed by atoms with E-state index >= 15 is 0 Å². The van der Waals surface area contributed by atoms with Crippen molar-refractivity contribution in [1.82, 2.24) is 4.98 Å². The van der Waals surface area contributed by atoms with Gasteiger partial charge in [0.25, 0.3) is 5.92 Å². The number of carbonyl (C=O) groups is 1. The number of Topliss-reactive ketones (excluding diaryl/α,β-unsaturated/α-hetero) is 1. The van der Waals surface area contributed by atoms with Gasteiger partial charge in [-0.3, -0.25) is 4.79 Å². The molecule has 18 heavy (non-hydrogen) atoms. The third-order valence-corrected chi connectivity index (χ3v) is 3.07. The van der Waals surface area contributed by atoms with Gasteiger partial charge in [-0.25, -0.2) is 13.8 Å². The molecule has 1 fully saturated rings. The molecule has 1 aliphatic rings. The van der Waals surface area contributed by atoms with E-state index in [0.717, 1.165) is 0 Å². The van der Waals surface area contributed by atoms with Crippen LogP contribution in [0.3, 0.4) is 0 Å². The molecule has 6 heteroatoms. The summed E-state index contributed by atoms with van der Waals surface area (Å²) in [6, 6.07) is 3.13. The number of aromatic nitrogens is 1. The van der Waals surface area contributed by atoms with Gasteiger partial charge in [0, 0.05) is 25.9 Å². The van der Waals surface area contributed by atoms with E-state index in [1.807, 2.05) is 0 Å². The minimum atomic E-state index is -2.62. The molecule has 2 heterocycles. The summed E-state index contributed by atoms with van der Waals surface area (Å²) < 4.78 is 26.2. The monoisotopic (exact) mass is 255 g/mol. The van der Waals surface area contributed by atoms with Crippen LogP contribution in [-0.4, -0.2) is 29.8 Å². The molecule has 0 spiro atoms. The van der Waals surface area contributed by atoms with Gasteiger partial charge < -0.3 is 10.6 Å². The molecule has 0 amide bonds. The van der Waals surface area contributed by atoms with E-state index in [4.69, 9.17) is 5.73 Å². The number of nitrogen functional groups attached to an aromatic ring is 1. The Kier molecular flexibility index (Phi) is 3.19. The van der Waals surface area contributed by atoms with Gasteiger partial charge in [-0.1, -0.05) is 0 Å². The fourth-order valence-electron chi connectivity index (χ4n) is 2.02. The van der Waals surface area contributed by atoms with Crippen molar-refractivity contribution in [2.45, 2.75) is 25.7 Å². The van der Waals surface area contributed by atoms with E-state index in [1.165, 1.54) is 6.92 Å². The predicted molar refractivity (Wildman–Crippen MR) is 65.0 cm³/mol. The van der Waals surface area contributed by atoms with Gasteiger partial charge in [0.1, 0.15) is 11.6 Å². The molecule has 2 N–H and O–H groups in total. The Morgan fingerprint density at radius 2 is 2.00 bits per heavy atom. The number of alkyl halides is 2. The van der Waals surface area contributed by atoms with Crippen LogP contribution in [-0.2, 0) is 0 Å². The van der Waals surface area contributed by atoms with Crippen LogP contribution in [0, 0.1) is 0 Å². The smallest absolute Gasteiger partial charge is 0.251 e. The molecule has 0 atom stereocenters. The predicted octanol–water partition coefficient (Wildman–Crippen LogP) is 2.10. The van der Waals surface area contributed by atoms with Crippen LogP contribution in [0.1, 0.15) is 30.1 Å². The van der Waals surface area contributed by atoms with Crippen molar-refractivity contribution in [2.24, 2.45) is 0 Å². The summed E-state index contributed by atoms with van der Waals surface area (Å²) in [5.74, 6) is -2.06. The molecule has 0 radical (unpaired) electrons. The van der Waals surface area contributed by atoms with Crippen molar-refractivity contribution in [1.29, 1.82) is 0 Å². The largest absolute Gasteiger partial charge is 0.384 e. The highest BCUT2D eigenvalue weighted by Crippen LogP contribution is 2.31. The van der Waals surface area contributed by atoms with Gasteiger partial charge in [-0.05, 0) is 19.1 Å². The van der Waals surface area contributed by atoms with Crippen LogP contribution in [0.2, 0.25) is 0 Å². The van der Waals surface area contributed by atoms with Crippen molar-refractivity contribution < 1.29 is 13.6 Å². The number of rotatable bonds is 2. The van der Waals surface area contributed by atoms with Crippen LogP contribution in [0.25, 0.3) is 0 Å². The molecular weight excluding hydrogens is 240 g/mol. The SMILES string of the molecule is CC(=O)c1ccc(N)nc1N1CCC(F)(F)CC1. The molecule has 1 saturated heterocycles. The molecule has 0 saturated carbocycles. The molecule has 98 valence electrons. The number of pyridine rings is 1. The van der Waals surface area contributed by atoms with E-state index in [9.17, 15) is 13.6 Å². The third kappa shape index (κ3) is 2.57. The van der Waals surface area contributed by atoms with E-state index in [-0.39, 0.29) is 37.5 Å². The molecule has 4 nitrogen and oxygen atoms in total. The summed E-state index contributed by atoms with van der Waals surface area (Å²) in [4.78, 5) is 17.3. The van der Waals surface area contributed by atoms with Crippen molar-refractivity contribution in [2.75, 3.05) is 23.7 Å². The summed E-state index contributed by atoms with van der Waals surface area (Å²) >= 11 is 0. The fraction of sp³-hybridized carbons (Fsp3) is 0.500. The number of hydrogen-bond donors (Lipinski definition) is 1. The maximum absolute atomic E-state index is 13.1. The fourth-order valence-corrected chi connectivity index (χ4v) is 2.02. The van der Waals surface area contributed by atoms with E-state index in [1.54, 1.807) is 17.0 Å². The Balaban J connectivity index is 2.28. The van der Waals surface area contributed by atoms with Crippen molar-refractivity contribution >= 4 is 17.4 Å². The maximum Gasteiger partial charge on any atom is 0.251 e. The van der Waals surface area contributed by atoms with Gasteiger partial charge in [-0.2, -0.15) is 0 Å². The van der Waals surface area contributed by atoms with Gasteiger partial charge >= 0.3 is 0 Å². The summed E-state index contributed by atoms with van der Waals surface area (Å²) in [6.07, 6.45) is -0.443. The molecular formula is C12H15F2N3O. The maximum atomic E-state index is 13.1. The van der Waals surface area contributed by atoms with E-state index in [0.29, 0.717) is 11.4 Å². The summed E-state index contributed by atoms with van der Waals surface area (Å²) in [7, 11) is 0. The number of anilines is 2. The lowest BCUT2D eigenvalue weighted by molar-refractivity contribution is -0.0221. The molecule has 1 aromatic rings. The second-order valence-corrected chi connectivity index (χ2v) is 4.51. The quantitative estimate of drug-likeness (QED) is 0.822. The van der Waals surface area contributed by atoms with Crippen LogP contribution < -0.4 is 10.6 Å². The van der Waals surface area contributed by atoms with E-state index < -0.39 is 5.92 Å². The molecule has 0 unspecified atom stereocenters. The zero-order valence-corrected chi connectivity index (χ0v) is 10.1. The Hall–Kier alpha value is -1.72. The first kappa shape index (κ1) is 12.7. The first-order valence-electron chi connectivity index (χ1n) is 5.79. The van der Waals surface area contributed by atoms with Crippen LogP contribution in [0.4, 0.5) is 20.4 Å². The van der Waals surface area contributed by atoms with Crippen LogP contribution >= 0.6 is 0 Å². The van der Waals surface area contributed by atoms with Crippen molar-refractivity contribution in [3.8, 4) is 0 Å². The average Bonchev–Trinajstić information content (AvgIpc) is 2.28. The minimum Gasteiger partial charge on any atom is -0.384 e. The van der Waals surface area contributed by atoms with E-state index in [2.05, 4.69) is 4.98 Å². The van der Waals surface area contributed by atoms with Crippen LogP contribution in [0.5, 0.6) is 0 Å². The zero-order chi connectivity index (χ0) is 13.3. The highest BCUT2D eigenvalue weighted by Gasteiger charge is 2.35. The number of nitrogens with two attached hydrogens (primary N) is 1. The lowest BCUT2D eigenvalue weighted by Gasteiger charge is -2.33. The normalized spacial score (nSPS) is 18.7. The highest BCUT2D eigenvalue weighted by atomic mass is 19.3. The lowest BCUT2D eigenvalue weighted by atomic mass is 10.1. The van der Waals surface area contributed by atoms with Gasteiger partial charge in [0.05, 0.1) is 5.56 Å². The Bertz CT molecular complexity index is 466. The summed E-state index contributed by atoms with van der Waals surface area (Å²) in [5.41, 5.74) is 6.02. The Morgan fingerprint density at radius 1 is 1.39 bits per heavy atom. The molecule has 2 rings (SSSR count). The van der Waals surface area contributed by atoms with Gasteiger partial charge in [0.15, 0.2) is 5.78 Å². The zero-order valence-electron chi connectivity index (χ0n) is 10.1. The summed E-state index contributed by atoms with van der Waals surface area (Å²) in [6.45, 7) is 1.79. The highest BCUT2D eigenvalue weighted by molar-refractivity contribution is 5.99. The average molecular weight is 255 g/mol. The molecule has 0 aromatic carbocycles. The second-order valence-electron chi connectivity index (χ2n) is 4.51. The number of piperidine rings is 1. The third-order valence-electron chi connectivity index (χ3n) is 3.07. The van der Waals surface area contributed by atoms with Crippen LogP contribution in [0.15, 0.2) is 12.1 Å². The topological polar surface area (TPSA) is 59.2 Å². The first-order chi connectivity index (χ1) is 8.39. The molecule has 0 aliphatic carbocycles. The number of carbonyl (C=O) groups excluding carboxylic acids is 1. The summed E-state index contributed by atoms with van der Waals surface area (Å²) in [5, 5.41) is 0. The Labute approximate surface area is 104 Å². The molecule has 1 aliphatic heterocycles. The second kappa shape index (κ2) is 4.51. The minimum absolute atomic E-state index is 0.144.